The van der Waals surface area contributed by atoms with E-state index in [1.165, 1.54) is 12.0 Å². The van der Waals surface area contributed by atoms with Gasteiger partial charge in [-0.2, -0.15) is 0 Å². The van der Waals surface area contributed by atoms with E-state index in [0.29, 0.717) is 11.3 Å². The molecule has 0 spiro atoms. The first-order valence-corrected chi connectivity index (χ1v) is 7.95. The number of furan rings is 1. The summed E-state index contributed by atoms with van der Waals surface area (Å²) in [6, 6.07) is 5.59. The highest BCUT2D eigenvalue weighted by Crippen LogP contribution is 2.35. The van der Waals surface area contributed by atoms with Crippen molar-refractivity contribution < 1.29 is 12.8 Å². The van der Waals surface area contributed by atoms with Gasteiger partial charge in [0.2, 0.25) is 10.0 Å². The minimum Gasteiger partial charge on any atom is -0.459 e. The third-order valence-electron chi connectivity index (χ3n) is 3.28. The molecule has 0 fully saturated rings. The van der Waals surface area contributed by atoms with Crippen molar-refractivity contribution in [1.29, 1.82) is 0 Å². The molecule has 0 saturated carbocycles. The molecule has 2 aromatic rings. The van der Waals surface area contributed by atoms with Gasteiger partial charge in [-0.15, -0.1) is 0 Å². The van der Waals surface area contributed by atoms with Crippen molar-refractivity contribution in [2.75, 3.05) is 11.0 Å². The van der Waals surface area contributed by atoms with E-state index in [0.717, 1.165) is 36.7 Å². The zero-order valence-corrected chi connectivity index (χ0v) is 11.0. The van der Waals surface area contributed by atoms with Crippen LogP contribution in [0, 0.1) is 0 Å². The number of benzene rings is 1. The molecular formula is C13H15NO3S. The van der Waals surface area contributed by atoms with Gasteiger partial charge in [-0.1, -0.05) is 12.1 Å². The minimum atomic E-state index is -3.28. The summed E-state index contributed by atoms with van der Waals surface area (Å²) in [4.78, 5) is 0. The lowest BCUT2D eigenvalue weighted by molar-refractivity contribution is 0.506. The molecule has 0 atom stereocenters. The summed E-state index contributed by atoms with van der Waals surface area (Å²) in [6.07, 6.45) is 5.43. The summed E-state index contributed by atoms with van der Waals surface area (Å²) in [7, 11) is -3.28. The fourth-order valence-corrected chi connectivity index (χ4v) is 3.12. The largest absolute Gasteiger partial charge is 0.459 e. The maximum Gasteiger partial charge on any atom is 0.229 e. The van der Waals surface area contributed by atoms with Crippen LogP contribution in [0.1, 0.15) is 24.2 Å². The molecule has 1 aliphatic rings. The summed E-state index contributed by atoms with van der Waals surface area (Å²) in [6.45, 7) is 0. The third kappa shape index (κ3) is 1.99. The van der Waals surface area contributed by atoms with Crippen LogP contribution in [0.2, 0.25) is 0 Å². The van der Waals surface area contributed by atoms with E-state index in [1.807, 2.05) is 12.1 Å². The van der Waals surface area contributed by atoms with E-state index in [-0.39, 0.29) is 0 Å². The SMILES string of the molecule is CS(=O)(=O)Nc1cccc2c3c(oc12)CCCC3. The van der Waals surface area contributed by atoms with E-state index in [2.05, 4.69) is 4.72 Å². The molecule has 0 radical (unpaired) electrons. The zero-order chi connectivity index (χ0) is 12.8. The Balaban J connectivity index is 2.19. The second-order valence-corrected chi connectivity index (χ2v) is 6.52. The molecule has 18 heavy (non-hydrogen) atoms. The van der Waals surface area contributed by atoms with Gasteiger partial charge in [0.25, 0.3) is 0 Å². The molecule has 1 aromatic carbocycles. The van der Waals surface area contributed by atoms with Crippen molar-refractivity contribution in [3.63, 3.8) is 0 Å². The molecule has 1 heterocycles. The molecular weight excluding hydrogens is 250 g/mol. The Hall–Kier alpha value is -1.49. The van der Waals surface area contributed by atoms with E-state index >= 15 is 0 Å². The predicted molar refractivity (Wildman–Crippen MR) is 71.3 cm³/mol. The van der Waals surface area contributed by atoms with Crippen molar-refractivity contribution in [3.05, 3.63) is 29.5 Å². The van der Waals surface area contributed by atoms with Crippen LogP contribution >= 0.6 is 0 Å². The molecule has 1 aliphatic carbocycles. The van der Waals surface area contributed by atoms with E-state index in [4.69, 9.17) is 4.42 Å². The molecule has 0 unspecified atom stereocenters. The van der Waals surface area contributed by atoms with Gasteiger partial charge in [0.05, 0.1) is 11.9 Å². The maximum atomic E-state index is 11.3. The van der Waals surface area contributed by atoms with E-state index in [9.17, 15) is 8.42 Å². The van der Waals surface area contributed by atoms with Crippen molar-refractivity contribution >= 4 is 26.7 Å². The van der Waals surface area contributed by atoms with Gasteiger partial charge in [-0.05, 0) is 25.3 Å². The van der Waals surface area contributed by atoms with E-state index < -0.39 is 10.0 Å². The highest BCUT2D eigenvalue weighted by Gasteiger charge is 2.19. The van der Waals surface area contributed by atoms with Gasteiger partial charge in [0.1, 0.15) is 5.76 Å². The summed E-state index contributed by atoms with van der Waals surface area (Å²) >= 11 is 0. The average Bonchev–Trinajstić information content (AvgIpc) is 2.67. The second-order valence-electron chi connectivity index (χ2n) is 4.77. The summed E-state index contributed by atoms with van der Waals surface area (Å²) < 4.78 is 31.0. The topological polar surface area (TPSA) is 59.3 Å². The zero-order valence-electron chi connectivity index (χ0n) is 10.2. The number of hydrogen-bond acceptors (Lipinski definition) is 3. The van der Waals surface area contributed by atoms with E-state index in [1.54, 1.807) is 6.07 Å². The highest BCUT2D eigenvalue weighted by atomic mass is 32.2. The molecule has 1 N–H and O–H groups in total. The number of rotatable bonds is 2. The van der Waals surface area contributed by atoms with Crippen LogP contribution in [0.3, 0.4) is 0 Å². The summed E-state index contributed by atoms with van der Waals surface area (Å²) in [5, 5.41) is 1.04. The van der Waals surface area contributed by atoms with Crippen LogP contribution in [-0.2, 0) is 22.9 Å². The first-order chi connectivity index (χ1) is 8.54. The second kappa shape index (κ2) is 4.02. The molecule has 1 aromatic heterocycles. The highest BCUT2D eigenvalue weighted by molar-refractivity contribution is 7.92. The van der Waals surface area contributed by atoms with Crippen LogP contribution < -0.4 is 4.72 Å². The molecule has 0 aliphatic heterocycles. The van der Waals surface area contributed by atoms with Gasteiger partial charge in [0, 0.05) is 17.4 Å². The Bertz CT molecular complexity index is 700. The quantitative estimate of drug-likeness (QED) is 0.908. The van der Waals surface area contributed by atoms with Gasteiger partial charge in [-0.25, -0.2) is 8.42 Å². The Morgan fingerprint density at radius 3 is 2.78 bits per heavy atom. The first-order valence-electron chi connectivity index (χ1n) is 6.06. The normalized spacial score (nSPS) is 15.6. The summed E-state index contributed by atoms with van der Waals surface area (Å²) in [5.74, 6) is 1.01. The lowest BCUT2D eigenvalue weighted by Crippen LogP contribution is -2.09. The molecule has 5 heteroatoms. The molecule has 96 valence electrons. The van der Waals surface area contributed by atoms with Crippen molar-refractivity contribution in [1.82, 2.24) is 0 Å². The first kappa shape index (κ1) is 11.6. The molecule has 0 bridgehead atoms. The average molecular weight is 265 g/mol. The fourth-order valence-electron chi connectivity index (χ4n) is 2.56. The van der Waals surface area contributed by atoms with Crippen LogP contribution in [0.15, 0.2) is 22.6 Å². The minimum absolute atomic E-state index is 0.532. The number of aryl methyl sites for hydroxylation is 2. The monoisotopic (exact) mass is 265 g/mol. The third-order valence-corrected chi connectivity index (χ3v) is 3.87. The number of nitrogens with one attached hydrogen (secondary N) is 1. The van der Waals surface area contributed by atoms with Crippen molar-refractivity contribution in [3.8, 4) is 0 Å². The predicted octanol–water partition coefficient (Wildman–Crippen LogP) is 2.68. The van der Waals surface area contributed by atoms with Crippen LogP contribution in [0.4, 0.5) is 5.69 Å². The Morgan fingerprint density at radius 1 is 1.22 bits per heavy atom. The van der Waals surface area contributed by atoms with Gasteiger partial charge in [-0.3, -0.25) is 4.72 Å². The molecule has 0 amide bonds. The standard InChI is InChI=1S/C13H15NO3S/c1-18(15,16)14-11-7-4-6-10-9-5-2-3-8-12(9)17-13(10)11/h4,6-7,14H,2-3,5,8H2,1H3. The maximum absolute atomic E-state index is 11.3. The fraction of sp³-hybridized carbons (Fsp3) is 0.385. The molecule has 0 saturated heterocycles. The van der Waals surface area contributed by atoms with Crippen LogP contribution in [0.25, 0.3) is 11.0 Å². The smallest absolute Gasteiger partial charge is 0.229 e. The lowest BCUT2D eigenvalue weighted by Gasteiger charge is -2.08. The van der Waals surface area contributed by atoms with Gasteiger partial charge >= 0.3 is 0 Å². The van der Waals surface area contributed by atoms with Gasteiger partial charge < -0.3 is 4.42 Å². The number of hydrogen-bond donors (Lipinski definition) is 1. The number of fused-ring (bicyclic) bond motifs is 3. The molecule has 3 rings (SSSR count). The van der Waals surface area contributed by atoms with Crippen molar-refractivity contribution in [2.45, 2.75) is 25.7 Å². The number of sulfonamides is 1. The Morgan fingerprint density at radius 2 is 2.00 bits per heavy atom. The Kier molecular flexibility index (Phi) is 2.59. The number of para-hydroxylation sites is 1. The molecule has 4 nitrogen and oxygen atoms in total. The number of anilines is 1. The summed E-state index contributed by atoms with van der Waals surface area (Å²) in [5.41, 5.74) is 2.44. The Labute approximate surface area is 106 Å². The van der Waals surface area contributed by atoms with Crippen LogP contribution in [-0.4, -0.2) is 14.7 Å². The lowest BCUT2D eigenvalue weighted by atomic mass is 9.96. The van der Waals surface area contributed by atoms with Crippen LogP contribution in [0.5, 0.6) is 0 Å². The van der Waals surface area contributed by atoms with Gasteiger partial charge in [0.15, 0.2) is 5.58 Å². The van der Waals surface area contributed by atoms with Crippen molar-refractivity contribution in [2.24, 2.45) is 0 Å².